The van der Waals surface area contributed by atoms with Gasteiger partial charge >= 0.3 is 0 Å². The molecule has 1 amide bonds. The Morgan fingerprint density at radius 3 is 2.26 bits per heavy atom. The molecular weight excluding hydrogens is 430 g/mol. The monoisotopic (exact) mass is 475 g/mol. The third-order valence-electron chi connectivity index (χ3n) is 7.36. The highest BCUT2D eigenvalue weighted by molar-refractivity contribution is 6.00. The van der Waals surface area contributed by atoms with E-state index >= 15 is 0 Å². The molecule has 6 heteroatoms. The average Bonchev–Trinajstić information content (AvgIpc) is 3.13. The SMILES string of the molecule is CCCCCCCN(CCCCCC)C(=O)CC1C[C@@H](O)C[C@]2(CCC3(C=CC(=O)C=C3)O2)O1. The molecule has 6 nitrogen and oxygen atoms in total. The normalized spacial score (nSPS) is 27.7. The number of aliphatic hydroxyl groups is 1. The first-order chi connectivity index (χ1) is 16.4. The standard InChI is InChI=1S/C28H45NO5/c1-3-5-7-9-11-19-29(18-10-8-6-4-2)26(32)21-25-20-24(31)22-28(33-25)17-16-27(34-28)14-12-23(30)13-15-27/h12-15,24-25,31H,3-11,16-22H2,1-2H3/t24-,25?,28-/m1/s1. The van der Waals surface area contributed by atoms with Crippen LogP contribution >= 0.6 is 0 Å². The van der Waals surface area contributed by atoms with E-state index in [-0.39, 0.29) is 24.2 Å². The quantitative estimate of drug-likeness (QED) is 0.369. The second-order valence-electron chi connectivity index (χ2n) is 10.4. The molecule has 2 aliphatic heterocycles. The molecule has 0 aromatic rings. The van der Waals surface area contributed by atoms with Crippen molar-refractivity contribution in [2.24, 2.45) is 0 Å². The number of amides is 1. The zero-order valence-electron chi connectivity index (χ0n) is 21.3. The van der Waals surface area contributed by atoms with E-state index in [0.717, 1.165) is 38.8 Å². The minimum absolute atomic E-state index is 0.0445. The van der Waals surface area contributed by atoms with Crippen molar-refractivity contribution in [1.82, 2.24) is 4.90 Å². The first-order valence-electron chi connectivity index (χ1n) is 13.7. The Bertz CT molecular complexity index is 716. The van der Waals surface area contributed by atoms with Crippen LogP contribution in [-0.4, -0.2) is 58.4 Å². The molecule has 2 heterocycles. The lowest BCUT2D eigenvalue weighted by atomic mass is 9.91. The van der Waals surface area contributed by atoms with Crippen molar-refractivity contribution in [1.29, 1.82) is 0 Å². The maximum atomic E-state index is 13.3. The number of carbonyl (C=O) groups is 2. The number of rotatable bonds is 13. The summed E-state index contributed by atoms with van der Waals surface area (Å²) in [5.74, 6) is -0.821. The highest BCUT2D eigenvalue weighted by Gasteiger charge is 2.52. The van der Waals surface area contributed by atoms with Gasteiger partial charge in [-0.05, 0) is 43.6 Å². The molecule has 0 bridgehead atoms. The van der Waals surface area contributed by atoms with Crippen molar-refractivity contribution < 1.29 is 24.2 Å². The molecule has 0 aromatic heterocycles. The van der Waals surface area contributed by atoms with E-state index in [2.05, 4.69) is 13.8 Å². The van der Waals surface area contributed by atoms with Crippen LogP contribution in [0, 0.1) is 0 Å². The molecule has 3 atom stereocenters. The van der Waals surface area contributed by atoms with Crippen LogP contribution < -0.4 is 0 Å². The molecule has 3 rings (SSSR count). The molecule has 192 valence electrons. The number of hydrogen-bond donors (Lipinski definition) is 1. The molecular formula is C28H45NO5. The maximum Gasteiger partial charge on any atom is 0.225 e. The first-order valence-corrected chi connectivity index (χ1v) is 13.7. The van der Waals surface area contributed by atoms with Gasteiger partial charge in [-0.3, -0.25) is 9.59 Å². The average molecular weight is 476 g/mol. The van der Waals surface area contributed by atoms with Crippen LogP contribution in [0.5, 0.6) is 0 Å². The van der Waals surface area contributed by atoms with Crippen molar-refractivity contribution in [2.75, 3.05) is 13.1 Å². The summed E-state index contributed by atoms with van der Waals surface area (Å²) < 4.78 is 12.8. The Morgan fingerprint density at radius 1 is 1.00 bits per heavy atom. The summed E-state index contributed by atoms with van der Waals surface area (Å²) in [5.41, 5.74) is -0.649. The van der Waals surface area contributed by atoms with Gasteiger partial charge in [-0.1, -0.05) is 58.8 Å². The lowest BCUT2D eigenvalue weighted by molar-refractivity contribution is -0.291. The lowest BCUT2D eigenvalue weighted by Crippen LogP contribution is -2.49. The van der Waals surface area contributed by atoms with E-state index in [4.69, 9.17) is 9.47 Å². The number of hydrogen-bond acceptors (Lipinski definition) is 5. The number of aliphatic hydroxyl groups excluding tert-OH is 1. The molecule has 2 spiro atoms. The van der Waals surface area contributed by atoms with Gasteiger partial charge in [-0.15, -0.1) is 0 Å². The predicted octanol–water partition coefficient (Wildman–Crippen LogP) is 5.24. The van der Waals surface area contributed by atoms with Crippen LogP contribution in [0.1, 0.15) is 104 Å². The van der Waals surface area contributed by atoms with Crippen LogP contribution in [0.15, 0.2) is 24.3 Å². The van der Waals surface area contributed by atoms with Gasteiger partial charge in [0, 0.05) is 32.4 Å². The van der Waals surface area contributed by atoms with Crippen LogP contribution in [0.3, 0.4) is 0 Å². The summed E-state index contributed by atoms with van der Waals surface area (Å²) in [6, 6.07) is 0. The summed E-state index contributed by atoms with van der Waals surface area (Å²) >= 11 is 0. The van der Waals surface area contributed by atoms with Gasteiger partial charge in [0.05, 0.1) is 18.6 Å². The smallest absolute Gasteiger partial charge is 0.225 e. The first kappa shape index (κ1) is 27.1. The van der Waals surface area contributed by atoms with Crippen molar-refractivity contribution in [2.45, 2.75) is 127 Å². The highest BCUT2D eigenvalue weighted by atomic mass is 16.7. The summed E-state index contributed by atoms with van der Waals surface area (Å²) in [5, 5.41) is 10.6. The largest absolute Gasteiger partial charge is 0.393 e. The van der Waals surface area contributed by atoms with Crippen LogP contribution in [0.4, 0.5) is 0 Å². The van der Waals surface area contributed by atoms with Crippen LogP contribution in [0.25, 0.3) is 0 Å². The van der Waals surface area contributed by atoms with E-state index in [1.807, 2.05) is 4.90 Å². The summed E-state index contributed by atoms with van der Waals surface area (Å²) in [6.07, 6.45) is 18.7. The third-order valence-corrected chi connectivity index (χ3v) is 7.36. The van der Waals surface area contributed by atoms with Gasteiger partial charge in [0.2, 0.25) is 5.91 Å². The lowest BCUT2D eigenvalue weighted by Gasteiger charge is -2.42. The summed E-state index contributed by atoms with van der Waals surface area (Å²) in [6.45, 7) is 6.02. The number of unbranched alkanes of at least 4 members (excludes halogenated alkanes) is 7. The van der Waals surface area contributed by atoms with Gasteiger partial charge < -0.3 is 19.5 Å². The molecule has 3 aliphatic rings. The molecule has 1 aliphatic carbocycles. The molecule has 2 fully saturated rings. The second kappa shape index (κ2) is 13.0. The predicted molar refractivity (Wildman–Crippen MR) is 133 cm³/mol. The Labute approximate surface area is 205 Å². The summed E-state index contributed by atoms with van der Waals surface area (Å²) in [7, 11) is 0. The Kier molecular flexibility index (Phi) is 10.3. The van der Waals surface area contributed by atoms with Gasteiger partial charge in [-0.25, -0.2) is 0 Å². The molecule has 1 unspecified atom stereocenters. The number of nitrogens with zero attached hydrogens (tertiary/aromatic N) is 1. The maximum absolute atomic E-state index is 13.3. The number of carbonyl (C=O) groups excluding carboxylic acids is 2. The van der Waals surface area contributed by atoms with Crippen molar-refractivity contribution in [3.63, 3.8) is 0 Å². The van der Waals surface area contributed by atoms with Crippen molar-refractivity contribution in [3.8, 4) is 0 Å². The van der Waals surface area contributed by atoms with Crippen LogP contribution in [0.2, 0.25) is 0 Å². The molecule has 0 saturated carbocycles. The summed E-state index contributed by atoms with van der Waals surface area (Å²) in [4.78, 5) is 26.9. The van der Waals surface area contributed by atoms with E-state index in [9.17, 15) is 14.7 Å². The Balaban J connectivity index is 1.57. The Hall–Kier alpha value is -1.50. The highest BCUT2D eigenvalue weighted by Crippen LogP contribution is 2.47. The Morgan fingerprint density at radius 2 is 1.62 bits per heavy atom. The minimum Gasteiger partial charge on any atom is -0.393 e. The van der Waals surface area contributed by atoms with Gasteiger partial charge in [0.1, 0.15) is 5.60 Å². The molecule has 0 radical (unpaired) electrons. The zero-order valence-corrected chi connectivity index (χ0v) is 21.3. The van der Waals surface area contributed by atoms with Crippen molar-refractivity contribution >= 4 is 11.7 Å². The molecule has 2 saturated heterocycles. The fraction of sp³-hybridized carbons (Fsp3) is 0.786. The molecule has 34 heavy (non-hydrogen) atoms. The number of ketones is 1. The van der Waals surface area contributed by atoms with E-state index in [0.29, 0.717) is 25.7 Å². The molecule has 0 aromatic carbocycles. The fourth-order valence-electron chi connectivity index (χ4n) is 5.44. The van der Waals surface area contributed by atoms with E-state index in [1.165, 1.54) is 44.3 Å². The van der Waals surface area contributed by atoms with Gasteiger partial charge in [0.15, 0.2) is 11.6 Å². The molecule has 1 N–H and O–H groups in total. The van der Waals surface area contributed by atoms with Crippen molar-refractivity contribution in [3.05, 3.63) is 24.3 Å². The topological polar surface area (TPSA) is 76.1 Å². The number of ether oxygens (including phenoxy) is 2. The third kappa shape index (κ3) is 7.76. The fourth-order valence-corrected chi connectivity index (χ4v) is 5.44. The van der Waals surface area contributed by atoms with Crippen LogP contribution in [-0.2, 0) is 19.1 Å². The number of allylic oxidation sites excluding steroid dienone is 2. The van der Waals surface area contributed by atoms with E-state index < -0.39 is 17.5 Å². The van der Waals surface area contributed by atoms with Gasteiger partial charge in [-0.2, -0.15) is 0 Å². The minimum atomic E-state index is -0.899. The van der Waals surface area contributed by atoms with E-state index in [1.54, 1.807) is 12.2 Å². The second-order valence-corrected chi connectivity index (χ2v) is 10.4. The van der Waals surface area contributed by atoms with Gasteiger partial charge in [0.25, 0.3) is 0 Å². The zero-order chi connectivity index (χ0) is 24.4.